The molecule has 0 spiro atoms. The Hall–Kier alpha value is -7.23. The van der Waals surface area contributed by atoms with Gasteiger partial charge in [-0.25, -0.2) is 15.0 Å². The van der Waals surface area contributed by atoms with Crippen LogP contribution in [-0.4, -0.2) is 15.0 Å². The van der Waals surface area contributed by atoms with Gasteiger partial charge in [0.15, 0.2) is 17.5 Å². The molecule has 0 amide bonds. The molecule has 0 saturated carbocycles. The van der Waals surface area contributed by atoms with E-state index in [2.05, 4.69) is 176 Å². The zero-order chi connectivity index (χ0) is 36.6. The van der Waals surface area contributed by atoms with Crippen molar-refractivity contribution in [3.8, 4) is 67.5 Å². The van der Waals surface area contributed by atoms with Gasteiger partial charge in [0.2, 0.25) is 0 Å². The van der Waals surface area contributed by atoms with Gasteiger partial charge >= 0.3 is 0 Å². The van der Waals surface area contributed by atoms with Crippen molar-refractivity contribution in [2.24, 2.45) is 0 Å². The van der Waals surface area contributed by atoms with E-state index in [0.29, 0.717) is 17.5 Å². The predicted octanol–water partition coefficient (Wildman–Crippen LogP) is 12.6. The molecule has 3 nitrogen and oxygen atoms in total. The quantitative estimate of drug-likeness (QED) is 0.166. The fourth-order valence-electron chi connectivity index (χ4n) is 8.25. The molecule has 0 bridgehead atoms. The number of nitrogens with zero attached hydrogens (tertiary/aromatic N) is 3. The van der Waals surface area contributed by atoms with Gasteiger partial charge in [0.05, 0.1) is 5.41 Å². The number of rotatable bonds is 7. The Morgan fingerprint density at radius 1 is 0.255 bits per heavy atom. The normalized spacial score (nSPS) is 12.5. The summed E-state index contributed by atoms with van der Waals surface area (Å²) in [5.74, 6) is 1.92. The molecular formula is C52H35N3. The first-order valence-electron chi connectivity index (χ1n) is 18.7. The summed E-state index contributed by atoms with van der Waals surface area (Å²) in [5.41, 5.74) is 14.6. The fraction of sp³-hybridized carbons (Fsp3) is 0.0192. The summed E-state index contributed by atoms with van der Waals surface area (Å²) < 4.78 is 0. The lowest BCUT2D eigenvalue weighted by molar-refractivity contribution is 0.769. The third kappa shape index (κ3) is 5.65. The summed E-state index contributed by atoms with van der Waals surface area (Å²) in [5, 5.41) is 0. The molecule has 10 rings (SSSR count). The molecule has 1 aliphatic rings. The molecular weight excluding hydrogens is 667 g/mol. The van der Waals surface area contributed by atoms with Gasteiger partial charge in [0.25, 0.3) is 0 Å². The Kier molecular flexibility index (Phi) is 8.04. The van der Waals surface area contributed by atoms with Crippen LogP contribution in [0.15, 0.2) is 212 Å². The maximum absolute atomic E-state index is 5.07. The van der Waals surface area contributed by atoms with Crippen molar-refractivity contribution in [3.63, 3.8) is 0 Å². The first-order valence-corrected chi connectivity index (χ1v) is 18.7. The summed E-state index contributed by atoms with van der Waals surface area (Å²) in [6, 6.07) is 75.3. The highest BCUT2D eigenvalue weighted by Gasteiger charge is 2.46. The highest BCUT2D eigenvalue weighted by molar-refractivity contribution is 5.88. The molecule has 0 N–H and O–H groups in total. The van der Waals surface area contributed by atoms with Gasteiger partial charge in [-0.2, -0.15) is 0 Å². The molecule has 0 fully saturated rings. The number of benzene rings is 8. The van der Waals surface area contributed by atoms with Crippen LogP contribution in [0.1, 0.15) is 22.3 Å². The van der Waals surface area contributed by atoms with Crippen molar-refractivity contribution < 1.29 is 0 Å². The highest BCUT2D eigenvalue weighted by Crippen LogP contribution is 2.56. The van der Waals surface area contributed by atoms with Gasteiger partial charge in [0.1, 0.15) is 0 Å². The number of hydrogen-bond acceptors (Lipinski definition) is 3. The van der Waals surface area contributed by atoms with Gasteiger partial charge in [-0.05, 0) is 67.8 Å². The van der Waals surface area contributed by atoms with Gasteiger partial charge in [-0.15, -0.1) is 0 Å². The van der Waals surface area contributed by atoms with E-state index in [9.17, 15) is 0 Å². The molecule has 55 heavy (non-hydrogen) atoms. The third-order valence-corrected chi connectivity index (χ3v) is 10.8. The van der Waals surface area contributed by atoms with Gasteiger partial charge in [0, 0.05) is 16.7 Å². The molecule has 9 aromatic rings. The predicted molar refractivity (Wildman–Crippen MR) is 224 cm³/mol. The van der Waals surface area contributed by atoms with Crippen molar-refractivity contribution in [1.82, 2.24) is 15.0 Å². The van der Waals surface area contributed by atoms with Gasteiger partial charge in [-0.1, -0.05) is 200 Å². The summed E-state index contributed by atoms with van der Waals surface area (Å²) in [7, 11) is 0. The van der Waals surface area contributed by atoms with E-state index in [0.717, 1.165) is 38.9 Å². The highest BCUT2D eigenvalue weighted by atomic mass is 15.0. The molecule has 1 heterocycles. The molecule has 0 atom stereocenters. The lowest BCUT2D eigenvalue weighted by Gasteiger charge is -2.34. The zero-order valence-electron chi connectivity index (χ0n) is 30.0. The molecule has 0 aliphatic heterocycles. The summed E-state index contributed by atoms with van der Waals surface area (Å²) in [6.45, 7) is 0. The average molecular weight is 702 g/mol. The minimum atomic E-state index is -0.447. The van der Waals surface area contributed by atoms with Crippen LogP contribution in [0.3, 0.4) is 0 Å². The molecule has 0 saturated heterocycles. The molecule has 1 aromatic heterocycles. The fourth-order valence-corrected chi connectivity index (χ4v) is 8.25. The summed E-state index contributed by atoms with van der Waals surface area (Å²) in [4.78, 5) is 15.1. The first-order chi connectivity index (χ1) is 27.3. The van der Waals surface area contributed by atoms with Crippen LogP contribution in [0.5, 0.6) is 0 Å². The Morgan fingerprint density at radius 3 is 1.29 bits per heavy atom. The SMILES string of the molecule is c1ccc(-c2cccc(-c3nc(-c4ccccc4)nc(-c4ccc(-c5ccc6c(c5)C(c5ccccc5)(c5ccccc5)c5ccccc5-6)cc4)n3)c2)cc1. The van der Waals surface area contributed by atoms with E-state index < -0.39 is 5.41 Å². The minimum absolute atomic E-state index is 0.447. The smallest absolute Gasteiger partial charge is 0.164 e. The van der Waals surface area contributed by atoms with E-state index in [1.54, 1.807) is 0 Å². The largest absolute Gasteiger partial charge is 0.208 e. The summed E-state index contributed by atoms with van der Waals surface area (Å²) in [6.07, 6.45) is 0. The maximum Gasteiger partial charge on any atom is 0.164 e. The van der Waals surface area contributed by atoms with Crippen LogP contribution < -0.4 is 0 Å². The molecule has 0 radical (unpaired) electrons. The van der Waals surface area contributed by atoms with Crippen molar-refractivity contribution >= 4 is 0 Å². The van der Waals surface area contributed by atoms with E-state index >= 15 is 0 Å². The standard InChI is InChI=1S/C52H35N3/c1-5-16-36(17-6-1)40-20-15-21-42(34-40)51-54-49(38-18-7-2-8-19-38)53-50(55-51)39-30-28-37(29-31-39)41-32-33-46-45-26-13-14-27-47(45)52(48(46)35-41,43-22-9-3-10-23-43)44-24-11-4-12-25-44/h1-35H. The second-order valence-corrected chi connectivity index (χ2v) is 14.0. The van der Waals surface area contributed by atoms with Crippen molar-refractivity contribution in [2.45, 2.75) is 5.41 Å². The van der Waals surface area contributed by atoms with Crippen LogP contribution in [0.25, 0.3) is 67.5 Å². The molecule has 258 valence electrons. The van der Waals surface area contributed by atoms with Crippen LogP contribution in [0.4, 0.5) is 0 Å². The van der Waals surface area contributed by atoms with Crippen molar-refractivity contribution in [2.75, 3.05) is 0 Å². The van der Waals surface area contributed by atoms with Gasteiger partial charge < -0.3 is 0 Å². The second-order valence-electron chi connectivity index (χ2n) is 14.0. The lowest BCUT2D eigenvalue weighted by atomic mass is 9.67. The molecule has 1 aliphatic carbocycles. The average Bonchev–Trinajstić information content (AvgIpc) is 3.58. The molecule has 0 unspecified atom stereocenters. The lowest BCUT2D eigenvalue weighted by Crippen LogP contribution is -2.28. The molecule has 8 aromatic carbocycles. The third-order valence-electron chi connectivity index (χ3n) is 10.8. The zero-order valence-corrected chi connectivity index (χ0v) is 30.0. The summed E-state index contributed by atoms with van der Waals surface area (Å²) >= 11 is 0. The Balaban J connectivity index is 1.08. The monoisotopic (exact) mass is 701 g/mol. The van der Waals surface area contributed by atoms with Crippen LogP contribution in [0.2, 0.25) is 0 Å². The van der Waals surface area contributed by atoms with E-state index in [1.807, 2.05) is 36.4 Å². The Bertz CT molecular complexity index is 2740. The second kappa shape index (κ2) is 13.6. The Labute approximate surface area is 321 Å². The van der Waals surface area contributed by atoms with Crippen molar-refractivity contribution in [1.29, 1.82) is 0 Å². The van der Waals surface area contributed by atoms with Crippen LogP contribution >= 0.6 is 0 Å². The van der Waals surface area contributed by atoms with Crippen molar-refractivity contribution in [3.05, 3.63) is 235 Å². The topological polar surface area (TPSA) is 38.7 Å². The number of aromatic nitrogens is 3. The van der Waals surface area contributed by atoms with Crippen LogP contribution in [-0.2, 0) is 5.41 Å². The van der Waals surface area contributed by atoms with E-state index in [-0.39, 0.29) is 0 Å². The van der Waals surface area contributed by atoms with E-state index in [1.165, 1.54) is 33.4 Å². The minimum Gasteiger partial charge on any atom is -0.208 e. The van der Waals surface area contributed by atoms with Gasteiger partial charge in [-0.3, -0.25) is 0 Å². The number of fused-ring (bicyclic) bond motifs is 3. The van der Waals surface area contributed by atoms with E-state index in [4.69, 9.17) is 15.0 Å². The molecule has 3 heteroatoms. The first kappa shape index (κ1) is 32.4. The number of hydrogen-bond donors (Lipinski definition) is 0. The Morgan fingerprint density at radius 2 is 0.655 bits per heavy atom. The maximum atomic E-state index is 5.07. The van der Waals surface area contributed by atoms with Crippen LogP contribution in [0, 0.1) is 0 Å².